The number of aromatic nitrogens is 2. The van der Waals surface area contributed by atoms with Crippen molar-refractivity contribution in [2.75, 3.05) is 25.5 Å². The quantitative estimate of drug-likeness (QED) is 0.745. The first-order chi connectivity index (χ1) is 8.11. The van der Waals surface area contributed by atoms with Crippen LogP contribution in [0.4, 0.5) is 5.82 Å². The van der Waals surface area contributed by atoms with Crippen molar-refractivity contribution in [2.45, 2.75) is 32.9 Å². The predicted octanol–water partition coefficient (Wildman–Crippen LogP) is 1.11. The number of rotatable bonds is 7. The van der Waals surface area contributed by atoms with Crippen LogP contribution in [0.5, 0.6) is 0 Å². The SMILES string of the molecule is CCCNc1cnc(CN(C)CC(C)O)cn1. The van der Waals surface area contributed by atoms with Crippen LogP contribution in [0.1, 0.15) is 26.0 Å². The van der Waals surface area contributed by atoms with Crippen molar-refractivity contribution in [3.63, 3.8) is 0 Å². The molecule has 0 radical (unpaired) electrons. The van der Waals surface area contributed by atoms with Crippen LogP contribution in [0.3, 0.4) is 0 Å². The Balaban J connectivity index is 2.44. The maximum atomic E-state index is 9.25. The van der Waals surface area contributed by atoms with Gasteiger partial charge in [-0.2, -0.15) is 0 Å². The van der Waals surface area contributed by atoms with Gasteiger partial charge in [0.2, 0.25) is 0 Å². The highest BCUT2D eigenvalue weighted by Crippen LogP contribution is 2.03. The summed E-state index contributed by atoms with van der Waals surface area (Å²) in [5, 5.41) is 12.4. The average Bonchev–Trinajstić information content (AvgIpc) is 2.27. The Morgan fingerprint density at radius 2 is 2.18 bits per heavy atom. The maximum Gasteiger partial charge on any atom is 0.144 e. The fourth-order valence-electron chi connectivity index (χ4n) is 1.57. The highest BCUT2D eigenvalue weighted by Gasteiger charge is 2.05. The second-order valence-electron chi connectivity index (χ2n) is 4.37. The summed E-state index contributed by atoms with van der Waals surface area (Å²) in [7, 11) is 1.96. The van der Waals surface area contributed by atoms with Crippen molar-refractivity contribution in [3.8, 4) is 0 Å². The van der Waals surface area contributed by atoms with E-state index in [1.54, 1.807) is 19.3 Å². The Labute approximate surface area is 103 Å². The van der Waals surface area contributed by atoms with E-state index in [1.807, 2.05) is 11.9 Å². The summed E-state index contributed by atoms with van der Waals surface area (Å²) in [6.07, 6.45) is 4.27. The number of hydrogen-bond donors (Lipinski definition) is 2. The lowest BCUT2D eigenvalue weighted by molar-refractivity contribution is 0.137. The van der Waals surface area contributed by atoms with E-state index in [0.717, 1.165) is 24.5 Å². The minimum atomic E-state index is -0.321. The van der Waals surface area contributed by atoms with Gasteiger partial charge < -0.3 is 10.4 Å². The fraction of sp³-hybridized carbons (Fsp3) is 0.667. The molecule has 0 fully saturated rings. The summed E-state index contributed by atoms with van der Waals surface area (Å²) in [6, 6.07) is 0. The van der Waals surface area contributed by atoms with Crippen LogP contribution in [0.2, 0.25) is 0 Å². The van der Waals surface area contributed by atoms with Gasteiger partial charge in [-0.1, -0.05) is 6.92 Å². The van der Waals surface area contributed by atoms with E-state index < -0.39 is 0 Å². The largest absolute Gasteiger partial charge is 0.392 e. The smallest absolute Gasteiger partial charge is 0.144 e. The van der Waals surface area contributed by atoms with Gasteiger partial charge in [-0.3, -0.25) is 9.88 Å². The van der Waals surface area contributed by atoms with E-state index in [-0.39, 0.29) is 6.10 Å². The van der Waals surface area contributed by atoms with Gasteiger partial charge in [-0.15, -0.1) is 0 Å². The van der Waals surface area contributed by atoms with E-state index in [2.05, 4.69) is 22.2 Å². The lowest BCUT2D eigenvalue weighted by atomic mass is 10.3. The molecule has 0 saturated heterocycles. The number of likely N-dealkylation sites (N-methyl/N-ethyl adjacent to an activating group) is 1. The second kappa shape index (κ2) is 7.19. The van der Waals surface area contributed by atoms with Gasteiger partial charge in [0.05, 0.1) is 24.2 Å². The number of anilines is 1. The van der Waals surface area contributed by atoms with Gasteiger partial charge >= 0.3 is 0 Å². The van der Waals surface area contributed by atoms with Crippen LogP contribution >= 0.6 is 0 Å². The summed E-state index contributed by atoms with van der Waals surface area (Å²) in [5.41, 5.74) is 0.912. The van der Waals surface area contributed by atoms with Gasteiger partial charge in [0.25, 0.3) is 0 Å². The van der Waals surface area contributed by atoms with Gasteiger partial charge in [-0.25, -0.2) is 4.98 Å². The molecule has 5 heteroatoms. The second-order valence-corrected chi connectivity index (χ2v) is 4.37. The van der Waals surface area contributed by atoms with Crippen molar-refractivity contribution >= 4 is 5.82 Å². The zero-order valence-electron chi connectivity index (χ0n) is 10.8. The van der Waals surface area contributed by atoms with E-state index in [1.165, 1.54) is 0 Å². The minimum Gasteiger partial charge on any atom is -0.392 e. The van der Waals surface area contributed by atoms with Crippen molar-refractivity contribution in [1.82, 2.24) is 14.9 Å². The summed E-state index contributed by atoms with van der Waals surface area (Å²) in [5.74, 6) is 0.814. The molecule has 1 unspecified atom stereocenters. The third kappa shape index (κ3) is 5.60. The molecule has 0 bridgehead atoms. The molecule has 0 aliphatic carbocycles. The molecule has 0 amide bonds. The van der Waals surface area contributed by atoms with Gasteiger partial charge in [0.15, 0.2) is 0 Å². The zero-order valence-corrected chi connectivity index (χ0v) is 10.8. The molecule has 2 N–H and O–H groups in total. The molecular formula is C12H22N4O. The number of hydrogen-bond acceptors (Lipinski definition) is 5. The standard InChI is InChI=1S/C12H22N4O/c1-4-5-13-12-7-14-11(6-15-12)9-16(3)8-10(2)17/h6-7,10,17H,4-5,8-9H2,1-3H3,(H,13,15). The Kier molecular flexibility index (Phi) is 5.86. The monoisotopic (exact) mass is 238 g/mol. The number of nitrogens with zero attached hydrogens (tertiary/aromatic N) is 3. The Morgan fingerprint density at radius 3 is 2.71 bits per heavy atom. The topological polar surface area (TPSA) is 61.3 Å². The van der Waals surface area contributed by atoms with Crippen LogP contribution < -0.4 is 5.32 Å². The van der Waals surface area contributed by atoms with Crippen molar-refractivity contribution in [3.05, 3.63) is 18.1 Å². The normalized spacial score (nSPS) is 12.8. The molecule has 17 heavy (non-hydrogen) atoms. The highest BCUT2D eigenvalue weighted by atomic mass is 16.3. The van der Waals surface area contributed by atoms with Gasteiger partial charge in [0.1, 0.15) is 5.82 Å². The van der Waals surface area contributed by atoms with Crippen molar-refractivity contribution in [2.24, 2.45) is 0 Å². The molecule has 0 spiro atoms. The van der Waals surface area contributed by atoms with E-state index in [9.17, 15) is 5.11 Å². The van der Waals surface area contributed by atoms with E-state index in [0.29, 0.717) is 13.1 Å². The van der Waals surface area contributed by atoms with Crippen molar-refractivity contribution in [1.29, 1.82) is 0 Å². The van der Waals surface area contributed by atoms with Gasteiger partial charge in [-0.05, 0) is 20.4 Å². The molecule has 0 saturated carbocycles. The van der Waals surface area contributed by atoms with Crippen LogP contribution in [0.15, 0.2) is 12.4 Å². The summed E-state index contributed by atoms with van der Waals surface area (Å²) in [6.45, 7) is 6.14. The van der Waals surface area contributed by atoms with E-state index >= 15 is 0 Å². The zero-order chi connectivity index (χ0) is 12.7. The van der Waals surface area contributed by atoms with Crippen LogP contribution in [0, 0.1) is 0 Å². The molecule has 1 aromatic rings. The maximum absolute atomic E-state index is 9.25. The Bertz CT molecular complexity index is 313. The van der Waals surface area contributed by atoms with Gasteiger partial charge in [0, 0.05) is 19.6 Å². The molecular weight excluding hydrogens is 216 g/mol. The van der Waals surface area contributed by atoms with Crippen LogP contribution in [-0.4, -0.2) is 46.2 Å². The predicted molar refractivity (Wildman–Crippen MR) is 68.8 cm³/mol. The first kappa shape index (κ1) is 13.9. The third-order valence-corrected chi connectivity index (χ3v) is 2.27. The van der Waals surface area contributed by atoms with E-state index in [4.69, 9.17) is 0 Å². The summed E-state index contributed by atoms with van der Waals surface area (Å²) < 4.78 is 0. The number of aliphatic hydroxyl groups excluding tert-OH is 1. The molecule has 5 nitrogen and oxygen atoms in total. The Hall–Kier alpha value is -1.20. The average molecular weight is 238 g/mol. The lowest BCUT2D eigenvalue weighted by Gasteiger charge is -2.17. The summed E-state index contributed by atoms with van der Waals surface area (Å²) in [4.78, 5) is 10.6. The lowest BCUT2D eigenvalue weighted by Crippen LogP contribution is -2.27. The van der Waals surface area contributed by atoms with Crippen molar-refractivity contribution < 1.29 is 5.11 Å². The molecule has 0 aromatic carbocycles. The third-order valence-electron chi connectivity index (χ3n) is 2.27. The molecule has 1 atom stereocenters. The van der Waals surface area contributed by atoms with Crippen LogP contribution in [0.25, 0.3) is 0 Å². The fourth-order valence-corrected chi connectivity index (χ4v) is 1.57. The molecule has 0 aliphatic heterocycles. The first-order valence-electron chi connectivity index (χ1n) is 6.03. The molecule has 0 aliphatic rings. The first-order valence-corrected chi connectivity index (χ1v) is 6.03. The molecule has 1 aromatic heterocycles. The highest BCUT2D eigenvalue weighted by molar-refractivity contribution is 5.30. The number of nitrogens with one attached hydrogen (secondary N) is 1. The summed E-state index contributed by atoms with van der Waals surface area (Å²) >= 11 is 0. The van der Waals surface area contributed by atoms with Crippen LogP contribution in [-0.2, 0) is 6.54 Å². The molecule has 1 rings (SSSR count). The molecule has 96 valence electrons. The minimum absolute atomic E-state index is 0.321. The number of aliphatic hydroxyl groups is 1. The molecule has 1 heterocycles. The Morgan fingerprint density at radius 1 is 1.41 bits per heavy atom.